The Balaban J connectivity index is 3.21. The molecule has 1 aromatic heterocycles. The molecular weight excluding hydrogens is 252 g/mol. The van der Waals surface area contributed by atoms with Crippen molar-refractivity contribution in [3.8, 4) is 5.75 Å². The van der Waals surface area contributed by atoms with E-state index in [1.165, 1.54) is 11.3 Å². The number of Topliss-reactive ketones (excluding diaryl/α,β-unsaturated/α-hetero) is 1. The Kier molecular flexibility index (Phi) is 3.50. The molecule has 1 rings (SSSR count). The van der Waals surface area contributed by atoms with Crippen LogP contribution in [-0.2, 0) is 0 Å². The van der Waals surface area contributed by atoms with Crippen LogP contribution in [0, 0.1) is 6.92 Å². The monoisotopic (exact) mass is 262 g/mol. The van der Waals surface area contributed by atoms with Crippen LogP contribution in [-0.4, -0.2) is 12.9 Å². The number of hydrogen-bond donors (Lipinski definition) is 0. The number of rotatable bonds is 3. The molecule has 2 nitrogen and oxygen atoms in total. The molecule has 72 valence electrons. The van der Waals surface area contributed by atoms with Crippen LogP contribution in [0.1, 0.15) is 27.9 Å². The van der Waals surface area contributed by atoms with E-state index in [0.717, 1.165) is 14.2 Å². The third kappa shape index (κ3) is 1.94. The third-order valence-corrected chi connectivity index (χ3v) is 4.09. The quantitative estimate of drug-likeness (QED) is 0.781. The number of methoxy groups -OCH3 is 1. The topological polar surface area (TPSA) is 26.3 Å². The highest BCUT2D eigenvalue weighted by molar-refractivity contribution is 9.10. The van der Waals surface area contributed by atoms with Gasteiger partial charge in [-0.3, -0.25) is 4.79 Å². The first-order valence-corrected chi connectivity index (χ1v) is 5.58. The zero-order chi connectivity index (χ0) is 10.0. The van der Waals surface area contributed by atoms with E-state index in [-0.39, 0.29) is 5.78 Å². The molecule has 0 aliphatic carbocycles. The van der Waals surface area contributed by atoms with Gasteiger partial charge in [0.05, 0.1) is 11.6 Å². The molecule has 0 unspecified atom stereocenters. The summed E-state index contributed by atoms with van der Waals surface area (Å²) in [5.41, 5.74) is 0. The summed E-state index contributed by atoms with van der Waals surface area (Å²) in [4.78, 5) is 13.3. The van der Waals surface area contributed by atoms with Crippen LogP contribution < -0.4 is 4.74 Å². The molecule has 0 radical (unpaired) electrons. The number of hydrogen-bond acceptors (Lipinski definition) is 3. The van der Waals surface area contributed by atoms with E-state index in [1.54, 1.807) is 7.11 Å². The average molecular weight is 263 g/mol. The molecular formula is C9H11BrO2S. The predicted molar refractivity (Wildman–Crippen MR) is 57.9 cm³/mol. The van der Waals surface area contributed by atoms with Gasteiger partial charge in [0.2, 0.25) is 0 Å². The summed E-state index contributed by atoms with van der Waals surface area (Å²) >= 11 is 4.87. The minimum Gasteiger partial charge on any atom is -0.494 e. The molecule has 0 saturated heterocycles. The van der Waals surface area contributed by atoms with E-state index < -0.39 is 0 Å². The van der Waals surface area contributed by atoms with Gasteiger partial charge in [-0.2, -0.15) is 0 Å². The lowest BCUT2D eigenvalue weighted by Gasteiger charge is -2.00. The first kappa shape index (κ1) is 10.7. The second-order valence-electron chi connectivity index (χ2n) is 2.61. The summed E-state index contributed by atoms with van der Waals surface area (Å²) in [6, 6.07) is 0. The number of carbonyl (C=O) groups excluding carboxylic acids is 1. The molecule has 0 bridgehead atoms. The van der Waals surface area contributed by atoms with Crippen molar-refractivity contribution < 1.29 is 9.53 Å². The lowest BCUT2D eigenvalue weighted by Crippen LogP contribution is -1.95. The van der Waals surface area contributed by atoms with Crippen molar-refractivity contribution in [3.05, 3.63) is 14.2 Å². The molecule has 0 atom stereocenters. The van der Waals surface area contributed by atoms with Gasteiger partial charge in [0, 0.05) is 11.3 Å². The number of ketones is 1. The minimum absolute atomic E-state index is 0.135. The van der Waals surface area contributed by atoms with E-state index in [9.17, 15) is 4.79 Å². The highest BCUT2D eigenvalue weighted by atomic mass is 79.9. The molecule has 0 amide bonds. The fourth-order valence-electron chi connectivity index (χ4n) is 1.03. The zero-order valence-corrected chi connectivity index (χ0v) is 10.2. The summed E-state index contributed by atoms with van der Waals surface area (Å²) in [6.45, 7) is 3.81. The molecule has 0 N–H and O–H groups in total. The first-order chi connectivity index (χ1) is 6.11. The fraction of sp³-hybridized carbons (Fsp3) is 0.444. The molecule has 13 heavy (non-hydrogen) atoms. The first-order valence-electron chi connectivity index (χ1n) is 3.97. The van der Waals surface area contributed by atoms with Gasteiger partial charge in [-0.25, -0.2) is 0 Å². The second-order valence-corrected chi connectivity index (χ2v) is 4.63. The van der Waals surface area contributed by atoms with Gasteiger partial charge in [0.1, 0.15) is 4.88 Å². The van der Waals surface area contributed by atoms with E-state index >= 15 is 0 Å². The van der Waals surface area contributed by atoms with Gasteiger partial charge in [-0.1, -0.05) is 6.92 Å². The van der Waals surface area contributed by atoms with Crippen LogP contribution in [0.25, 0.3) is 0 Å². The molecule has 0 aromatic carbocycles. The number of ether oxygens (including phenoxy) is 1. The molecule has 0 aliphatic heterocycles. The van der Waals surface area contributed by atoms with Crippen molar-refractivity contribution >= 4 is 33.0 Å². The highest BCUT2D eigenvalue weighted by Crippen LogP contribution is 2.39. The number of carbonyl (C=O) groups is 1. The summed E-state index contributed by atoms with van der Waals surface area (Å²) < 4.78 is 6.06. The van der Waals surface area contributed by atoms with E-state index in [1.807, 2.05) is 13.8 Å². The maximum absolute atomic E-state index is 11.5. The second kappa shape index (κ2) is 4.24. The van der Waals surface area contributed by atoms with Crippen LogP contribution in [0.3, 0.4) is 0 Å². The standard InChI is InChI=1S/C9H11BrO2S/c1-4-6(11)9-8(12-3)7(10)5(2)13-9/h4H2,1-3H3. The zero-order valence-electron chi connectivity index (χ0n) is 7.81. The molecule has 0 aliphatic rings. The maximum Gasteiger partial charge on any atom is 0.176 e. The maximum atomic E-state index is 11.5. The minimum atomic E-state index is 0.135. The van der Waals surface area contributed by atoms with E-state index in [2.05, 4.69) is 15.9 Å². The van der Waals surface area contributed by atoms with Crippen molar-refractivity contribution in [3.63, 3.8) is 0 Å². The molecule has 0 fully saturated rings. The predicted octanol–water partition coefficient (Wildman–Crippen LogP) is 3.42. The molecule has 0 spiro atoms. The number of aryl methyl sites for hydroxylation is 1. The van der Waals surface area contributed by atoms with Gasteiger partial charge >= 0.3 is 0 Å². The van der Waals surface area contributed by atoms with Gasteiger partial charge in [0.15, 0.2) is 11.5 Å². The van der Waals surface area contributed by atoms with Crippen LogP contribution in [0.2, 0.25) is 0 Å². The Labute approximate surface area is 90.0 Å². The van der Waals surface area contributed by atoms with E-state index in [0.29, 0.717) is 12.2 Å². The van der Waals surface area contributed by atoms with Crippen molar-refractivity contribution in [2.24, 2.45) is 0 Å². The van der Waals surface area contributed by atoms with Crippen molar-refractivity contribution in [2.75, 3.05) is 7.11 Å². The fourth-order valence-corrected chi connectivity index (χ4v) is 2.79. The van der Waals surface area contributed by atoms with Gasteiger partial charge in [-0.15, -0.1) is 11.3 Å². The van der Waals surface area contributed by atoms with Crippen molar-refractivity contribution in [1.82, 2.24) is 0 Å². The lowest BCUT2D eigenvalue weighted by molar-refractivity contribution is 0.0989. The molecule has 1 heterocycles. The Hall–Kier alpha value is -0.350. The van der Waals surface area contributed by atoms with Crippen LogP contribution in [0.4, 0.5) is 0 Å². The number of halogens is 1. The van der Waals surface area contributed by atoms with Gasteiger partial charge < -0.3 is 4.74 Å². The van der Waals surface area contributed by atoms with E-state index in [4.69, 9.17) is 4.74 Å². The summed E-state index contributed by atoms with van der Waals surface area (Å²) in [5.74, 6) is 0.810. The molecule has 1 aromatic rings. The smallest absolute Gasteiger partial charge is 0.176 e. The molecule has 4 heteroatoms. The van der Waals surface area contributed by atoms with Crippen LogP contribution >= 0.6 is 27.3 Å². The largest absolute Gasteiger partial charge is 0.494 e. The Bertz CT molecular complexity index is 331. The summed E-state index contributed by atoms with van der Waals surface area (Å²) in [5, 5.41) is 0. The third-order valence-electron chi connectivity index (χ3n) is 1.75. The number of thiophene rings is 1. The van der Waals surface area contributed by atoms with Crippen LogP contribution in [0.5, 0.6) is 5.75 Å². The Morgan fingerprint density at radius 2 is 2.23 bits per heavy atom. The summed E-state index contributed by atoms with van der Waals surface area (Å²) in [6.07, 6.45) is 0.517. The Morgan fingerprint density at radius 1 is 1.62 bits per heavy atom. The summed E-state index contributed by atoms with van der Waals surface area (Å²) in [7, 11) is 1.58. The average Bonchev–Trinajstić information content (AvgIpc) is 2.42. The van der Waals surface area contributed by atoms with Gasteiger partial charge in [0.25, 0.3) is 0 Å². The van der Waals surface area contributed by atoms with Crippen molar-refractivity contribution in [2.45, 2.75) is 20.3 Å². The van der Waals surface area contributed by atoms with Crippen LogP contribution in [0.15, 0.2) is 4.47 Å². The lowest BCUT2D eigenvalue weighted by atomic mass is 10.2. The van der Waals surface area contributed by atoms with Crippen molar-refractivity contribution in [1.29, 1.82) is 0 Å². The highest BCUT2D eigenvalue weighted by Gasteiger charge is 2.18. The molecule has 0 saturated carbocycles. The SMILES string of the molecule is CCC(=O)c1sc(C)c(Br)c1OC. The normalized spacial score (nSPS) is 10.2. The Morgan fingerprint density at radius 3 is 2.69 bits per heavy atom. The van der Waals surface area contributed by atoms with Gasteiger partial charge in [-0.05, 0) is 22.9 Å².